The third kappa shape index (κ3) is 4.27. The number of nitrogens with zero attached hydrogens (tertiary/aromatic N) is 4. The van der Waals surface area contributed by atoms with Crippen LogP contribution in [0, 0.1) is 5.82 Å². The van der Waals surface area contributed by atoms with Crippen LogP contribution < -0.4 is 25.6 Å². The molecule has 0 bridgehead atoms. The van der Waals surface area contributed by atoms with Gasteiger partial charge in [-0.1, -0.05) is 24.4 Å². The van der Waals surface area contributed by atoms with Gasteiger partial charge in [0.2, 0.25) is 5.95 Å². The second kappa shape index (κ2) is 9.54. The Morgan fingerprint density at radius 1 is 1.18 bits per heavy atom. The number of fused-ring (bicyclic) bond motifs is 1. The Morgan fingerprint density at radius 2 is 1.91 bits per heavy atom. The highest BCUT2D eigenvalue weighted by Crippen LogP contribution is 2.41. The molecule has 1 aromatic heterocycles. The molecule has 0 spiro atoms. The van der Waals surface area contributed by atoms with Crippen LogP contribution >= 0.6 is 11.6 Å². The van der Waals surface area contributed by atoms with Crippen LogP contribution in [0.2, 0.25) is 5.02 Å². The van der Waals surface area contributed by atoms with E-state index >= 15 is 4.39 Å². The zero-order chi connectivity index (χ0) is 23.8. The summed E-state index contributed by atoms with van der Waals surface area (Å²) in [6, 6.07) is 3.18. The number of hydrogen-bond donors (Lipinski definition) is 2. The van der Waals surface area contributed by atoms with Gasteiger partial charge >= 0.3 is 6.03 Å². The van der Waals surface area contributed by atoms with Gasteiger partial charge in [0, 0.05) is 29.9 Å². The number of amides is 2. The number of anilines is 3. The fraction of sp³-hybridized carbons (Fsp3) is 0.542. The van der Waals surface area contributed by atoms with Gasteiger partial charge < -0.3 is 15.8 Å². The lowest BCUT2D eigenvalue weighted by Gasteiger charge is -2.39. The van der Waals surface area contributed by atoms with Crippen molar-refractivity contribution in [1.29, 1.82) is 0 Å². The monoisotopic (exact) mass is 488 g/mol. The largest absolute Gasteiger partial charge is 0.494 e. The van der Waals surface area contributed by atoms with Crippen LogP contribution in [0.3, 0.4) is 0 Å². The van der Waals surface area contributed by atoms with Crippen molar-refractivity contribution in [2.75, 3.05) is 22.2 Å². The molecule has 182 valence electrons. The molecule has 2 amide bonds. The molecule has 3 aliphatic rings. The highest BCUT2D eigenvalue weighted by atomic mass is 35.5. The van der Waals surface area contributed by atoms with E-state index in [9.17, 15) is 4.79 Å². The quantitative estimate of drug-likeness (QED) is 0.624. The van der Waals surface area contributed by atoms with Gasteiger partial charge in [-0.15, -0.1) is 0 Å². The van der Waals surface area contributed by atoms with E-state index in [1.165, 1.54) is 18.1 Å². The summed E-state index contributed by atoms with van der Waals surface area (Å²) in [4.78, 5) is 26.2. The smallest absolute Gasteiger partial charge is 0.330 e. The van der Waals surface area contributed by atoms with Crippen molar-refractivity contribution in [3.8, 4) is 5.75 Å². The number of carbonyl (C=O) groups is 1. The van der Waals surface area contributed by atoms with Crippen LogP contribution in [-0.4, -0.2) is 41.2 Å². The van der Waals surface area contributed by atoms with E-state index in [0.29, 0.717) is 11.8 Å². The highest BCUT2D eigenvalue weighted by molar-refractivity contribution is 6.34. The van der Waals surface area contributed by atoms with Crippen LogP contribution in [0.1, 0.15) is 56.9 Å². The Hall–Kier alpha value is -2.65. The normalized spacial score (nSPS) is 23.2. The first-order chi connectivity index (χ1) is 16.5. The Bertz CT molecular complexity index is 1070. The summed E-state index contributed by atoms with van der Waals surface area (Å²) in [5.74, 6) is 0.480. The lowest BCUT2D eigenvalue weighted by Crippen LogP contribution is -2.52. The van der Waals surface area contributed by atoms with E-state index in [-0.39, 0.29) is 47.2 Å². The number of nitrogens with one attached hydrogen (secondary N) is 1. The zero-order valence-corrected chi connectivity index (χ0v) is 20.0. The van der Waals surface area contributed by atoms with Gasteiger partial charge in [-0.2, -0.15) is 4.98 Å². The number of carbonyl (C=O) groups excluding carboxylic acids is 1. The summed E-state index contributed by atoms with van der Waals surface area (Å²) in [6.07, 6.45) is 9.43. The van der Waals surface area contributed by atoms with Crippen molar-refractivity contribution in [2.45, 2.75) is 76.0 Å². The van der Waals surface area contributed by atoms with Gasteiger partial charge in [0.1, 0.15) is 11.5 Å². The van der Waals surface area contributed by atoms with Crippen LogP contribution in [0.15, 0.2) is 18.3 Å². The number of ether oxygens (including phenoxy) is 1. The molecule has 0 radical (unpaired) electrons. The number of halogens is 2. The van der Waals surface area contributed by atoms with Crippen molar-refractivity contribution in [2.24, 2.45) is 5.73 Å². The molecule has 2 fully saturated rings. The van der Waals surface area contributed by atoms with E-state index in [1.807, 2.05) is 0 Å². The molecule has 2 aliphatic carbocycles. The van der Waals surface area contributed by atoms with E-state index in [1.54, 1.807) is 17.2 Å². The second-order valence-corrected chi connectivity index (χ2v) is 9.79. The number of benzene rings is 1. The van der Waals surface area contributed by atoms with E-state index < -0.39 is 5.82 Å². The molecule has 0 atom stereocenters. The summed E-state index contributed by atoms with van der Waals surface area (Å²) < 4.78 is 20.4. The van der Waals surface area contributed by atoms with E-state index in [4.69, 9.17) is 27.1 Å². The number of methoxy groups -OCH3 is 1. The molecule has 2 heterocycles. The molecular formula is C24H30ClFN6O2. The Morgan fingerprint density at radius 3 is 2.62 bits per heavy atom. The standard InChI is InChI=1S/C24H30ClFN6O2/c1-34-19-11-10-18(25)21(20(19)26)31-13-14-12-28-23(29-16-8-6-15(27)7-9-16)30-22(14)32(24(31)33)17-4-2-3-5-17/h10-12,15-17H,2-9,13,27H2,1H3,(H,28,29,30). The minimum Gasteiger partial charge on any atom is -0.494 e. The molecule has 3 N–H and O–H groups in total. The van der Waals surface area contributed by atoms with Crippen LogP contribution in [0.4, 0.5) is 26.6 Å². The third-order valence-corrected chi connectivity index (χ3v) is 7.46. The van der Waals surface area contributed by atoms with Gasteiger partial charge in [0.15, 0.2) is 11.6 Å². The maximum Gasteiger partial charge on any atom is 0.330 e. The Labute approximate surface area is 203 Å². The number of hydrogen-bond acceptors (Lipinski definition) is 6. The van der Waals surface area contributed by atoms with Crippen LogP contribution in [0.25, 0.3) is 0 Å². The maximum absolute atomic E-state index is 15.3. The topological polar surface area (TPSA) is 96.6 Å². The SMILES string of the molecule is COc1ccc(Cl)c(N2Cc3cnc(NC4CCC(N)CC4)nc3N(C3CCCC3)C2=O)c1F. The summed E-state index contributed by atoms with van der Waals surface area (Å²) in [5, 5.41) is 3.58. The molecule has 0 saturated heterocycles. The predicted octanol–water partition coefficient (Wildman–Crippen LogP) is 4.85. The summed E-state index contributed by atoms with van der Waals surface area (Å²) in [5.41, 5.74) is 6.80. The molecule has 2 saturated carbocycles. The predicted molar refractivity (Wildman–Crippen MR) is 130 cm³/mol. The average molecular weight is 489 g/mol. The van der Waals surface area contributed by atoms with Gasteiger partial charge in [-0.25, -0.2) is 14.2 Å². The molecule has 2 aromatic rings. The first kappa shape index (κ1) is 23.1. The molecule has 8 nitrogen and oxygen atoms in total. The van der Waals surface area contributed by atoms with Crippen LogP contribution in [-0.2, 0) is 6.54 Å². The van der Waals surface area contributed by atoms with Crippen molar-refractivity contribution in [3.63, 3.8) is 0 Å². The molecule has 1 aromatic carbocycles. The third-order valence-electron chi connectivity index (χ3n) is 7.15. The Kier molecular flexibility index (Phi) is 6.48. The molecule has 34 heavy (non-hydrogen) atoms. The maximum atomic E-state index is 15.3. The summed E-state index contributed by atoms with van der Waals surface area (Å²) >= 11 is 6.38. The van der Waals surface area contributed by atoms with Crippen molar-refractivity contribution >= 4 is 35.1 Å². The second-order valence-electron chi connectivity index (χ2n) is 9.39. The van der Waals surface area contributed by atoms with Gasteiger partial charge in [-0.05, 0) is 50.7 Å². The molecule has 10 heteroatoms. The lowest BCUT2D eigenvalue weighted by molar-refractivity contribution is 0.247. The van der Waals surface area contributed by atoms with Gasteiger partial charge in [-0.3, -0.25) is 9.80 Å². The Balaban J connectivity index is 1.50. The van der Waals surface area contributed by atoms with E-state index in [2.05, 4.69) is 10.3 Å². The summed E-state index contributed by atoms with van der Waals surface area (Å²) in [7, 11) is 1.39. The van der Waals surface area contributed by atoms with E-state index in [0.717, 1.165) is 56.9 Å². The van der Waals surface area contributed by atoms with Crippen LogP contribution in [0.5, 0.6) is 5.75 Å². The first-order valence-electron chi connectivity index (χ1n) is 12.0. The zero-order valence-electron chi connectivity index (χ0n) is 19.3. The number of nitrogens with two attached hydrogens (primary N) is 1. The fourth-order valence-electron chi connectivity index (χ4n) is 5.29. The van der Waals surface area contributed by atoms with Gasteiger partial charge in [0.05, 0.1) is 18.7 Å². The highest BCUT2D eigenvalue weighted by Gasteiger charge is 2.40. The minimum atomic E-state index is -0.659. The van der Waals surface area contributed by atoms with Crippen molar-refractivity contribution < 1.29 is 13.9 Å². The number of rotatable bonds is 5. The number of aromatic nitrogens is 2. The molecular weight excluding hydrogens is 459 g/mol. The lowest BCUT2D eigenvalue weighted by atomic mass is 9.92. The average Bonchev–Trinajstić information content (AvgIpc) is 3.35. The minimum absolute atomic E-state index is 0.00285. The molecule has 5 rings (SSSR count). The van der Waals surface area contributed by atoms with Crippen molar-refractivity contribution in [1.82, 2.24) is 9.97 Å². The molecule has 1 aliphatic heterocycles. The first-order valence-corrected chi connectivity index (χ1v) is 12.3. The van der Waals surface area contributed by atoms with Gasteiger partial charge in [0.25, 0.3) is 0 Å². The molecule has 0 unspecified atom stereocenters. The van der Waals surface area contributed by atoms with Crippen molar-refractivity contribution in [3.05, 3.63) is 34.7 Å². The fourth-order valence-corrected chi connectivity index (χ4v) is 5.53. The number of urea groups is 1. The summed E-state index contributed by atoms with van der Waals surface area (Å²) in [6.45, 7) is 0.125.